The van der Waals surface area contributed by atoms with Crippen molar-refractivity contribution in [3.05, 3.63) is 53.3 Å². The molecule has 0 N–H and O–H groups in total. The van der Waals surface area contributed by atoms with Crippen LogP contribution in [0.4, 0.5) is 10.1 Å². The summed E-state index contributed by atoms with van der Waals surface area (Å²) in [6.45, 7) is 7.08. The highest BCUT2D eigenvalue weighted by molar-refractivity contribution is 5.64. The van der Waals surface area contributed by atoms with E-state index in [-0.39, 0.29) is 11.6 Å². The number of ether oxygens (including phenoxy) is 1. The van der Waals surface area contributed by atoms with Crippen molar-refractivity contribution in [2.75, 3.05) is 13.6 Å². The molecule has 0 aliphatic carbocycles. The lowest BCUT2D eigenvalue weighted by Gasteiger charge is -2.14. The van der Waals surface area contributed by atoms with Crippen LogP contribution in [0, 0.1) is 12.7 Å². The van der Waals surface area contributed by atoms with Gasteiger partial charge in [0, 0.05) is 13.6 Å². The van der Waals surface area contributed by atoms with E-state index >= 15 is 0 Å². The molecule has 0 aromatic heterocycles. The second-order valence-electron chi connectivity index (χ2n) is 5.85. The molecule has 0 amide bonds. The molecular formula is C20H25FN2O. The van der Waals surface area contributed by atoms with Crippen LogP contribution in [0.3, 0.4) is 0 Å². The van der Waals surface area contributed by atoms with Gasteiger partial charge in [-0.2, -0.15) is 0 Å². The minimum Gasteiger partial charge on any atom is -0.454 e. The number of hydrogen-bond donors (Lipinski definition) is 0. The van der Waals surface area contributed by atoms with Crippen LogP contribution in [0.2, 0.25) is 0 Å². The molecular weight excluding hydrogens is 303 g/mol. The maximum atomic E-state index is 13.9. The van der Waals surface area contributed by atoms with Crippen molar-refractivity contribution in [2.24, 2.45) is 4.99 Å². The predicted molar refractivity (Wildman–Crippen MR) is 98.1 cm³/mol. The zero-order valence-electron chi connectivity index (χ0n) is 14.8. The van der Waals surface area contributed by atoms with Gasteiger partial charge in [0.2, 0.25) is 0 Å². The summed E-state index contributed by atoms with van der Waals surface area (Å²) in [7, 11) is 1.99. The van der Waals surface area contributed by atoms with Gasteiger partial charge in [-0.1, -0.05) is 25.5 Å². The Morgan fingerprint density at radius 2 is 1.92 bits per heavy atom. The molecule has 0 atom stereocenters. The Hall–Kier alpha value is -2.36. The Morgan fingerprint density at radius 1 is 1.17 bits per heavy atom. The van der Waals surface area contributed by atoms with Crippen LogP contribution in [-0.4, -0.2) is 24.8 Å². The van der Waals surface area contributed by atoms with Crippen LogP contribution < -0.4 is 4.74 Å². The van der Waals surface area contributed by atoms with Crippen molar-refractivity contribution >= 4 is 12.0 Å². The fourth-order valence-corrected chi connectivity index (χ4v) is 2.30. The average molecular weight is 328 g/mol. The van der Waals surface area contributed by atoms with Gasteiger partial charge in [-0.15, -0.1) is 0 Å². The Balaban J connectivity index is 2.36. The Labute approximate surface area is 143 Å². The number of rotatable bonds is 7. The van der Waals surface area contributed by atoms with E-state index in [0.717, 1.165) is 36.2 Å². The van der Waals surface area contributed by atoms with Gasteiger partial charge < -0.3 is 9.64 Å². The second kappa shape index (κ2) is 8.48. The third-order valence-corrected chi connectivity index (χ3v) is 3.85. The van der Waals surface area contributed by atoms with Gasteiger partial charge in [0.1, 0.15) is 5.75 Å². The number of aryl methyl sites for hydroxylation is 2. The van der Waals surface area contributed by atoms with Gasteiger partial charge >= 0.3 is 0 Å². The SMILES string of the molecule is CCCc1cc(N=CN(C)CC)c(C)cc1Oc1ccccc1F. The smallest absolute Gasteiger partial charge is 0.165 e. The highest BCUT2D eigenvalue weighted by atomic mass is 19.1. The summed E-state index contributed by atoms with van der Waals surface area (Å²) in [5.41, 5.74) is 2.96. The first-order valence-corrected chi connectivity index (χ1v) is 8.35. The topological polar surface area (TPSA) is 24.8 Å². The maximum absolute atomic E-state index is 13.9. The zero-order chi connectivity index (χ0) is 17.5. The molecule has 2 aromatic rings. The fourth-order valence-electron chi connectivity index (χ4n) is 2.30. The van der Waals surface area contributed by atoms with E-state index in [4.69, 9.17) is 4.74 Å². The molecule has 0 aliphatic rings. The predicted octanol–water partition coefficient (Wildman–Crippen LogP) is 5.49. The van der Waals surface area contributed by atoms with Crippen LogP contribution in [0.25, 0.3) is 0 Å². The number of hydrogen-bond acceptors (Lipinski definition) is 2. The number of halogens is 1. The molecule has 0 saturated heterocycles. The van der Waals surface area contributed by atoms with Gasteiger partial charge in [-0.05, 0) is 55.7 Å². The third-order valence-electron chi connectivity index (χ3n) is 3.85. The summed E-state index contributed by atoms with van der Waals surface area (Å²) < 4.78 is 19.7. The first kappa shape index (κ1) is 18.0. The van der Waals surface area contributed by atoms with E-state index in [9.17, 15) is 4.39 Å². The number of aliphatic imine (C=N–C) groups is 1. The summed E-state index contributed by atoms with van der Waals surface area (Å²) in [4.78, 5) is 6.57. The van der Waals surface area contributed by atoms with E-state index in [1.165, 1.54) is 6.07 Å². The van der Waals surface area contributed by atoms with Crippen molar-refractivity contribution in [1.82, 2.24) is 4.90 Å². The molecule has 4 heteroatoms. The van der Waals surface area contributed by atoms with E-state index in [1.807, 2.05) is 37.3 Å². The quantitative estimate of drug-likeness (QED) is 0.496. The van der Waals surface area contributed by atoms with Crippen LogP contribution in [0.15, 0.2) is 41.4 Å². The van der Waals surface area contributed by atoms with Gasteiger partial charge in [0.15, 0.2) is 11.6 Å². The lowest BCUT2D eigenvalue weighted by molar-refractivity contribution is 0.437. The van der Waals surface area contributed by atoms with E-state index in [2.05, 4.69) is 18.8 Å². The standard InChI is InChI=1S/C20H25FN2O/c1-5-9-16-13-18(22-14-23(4)6-2)15(3)12-20(16)24-19-11-8-7-10-17(19)21/h7-8,10-14H,5-6,9H2,1-4H3. The highest BCUT2D eigenvalue weighted by Gasteiger charge is 2.11. The van der Waals surface area contributed by atoms with Crippen molar-refractivity contribution < 1.29 is 9.13 Å². The molecule has 0 spiro atoms. The summed E-state index contributed by atoms with van der Waals surface area (Å²) in [5.74, 6) is 0.586. The largest absolute Gasteiger partial charge is 0.454 e. The Kier molecular flexibility index (Phi) is 6.36. The molecule has 0 heterocycles. The van der Waals surface area contributed by atoms with Crippen LogP contribution >= 0.6 is 0 Å². The number of nitrogens with zero attached hydrogens (tertiary/aromatic N) is 2. The average Bonchev–Trinajstić information content (AvgIpc) is 2.57. The van der Waals surface area contributed by atoms with Crippen LogP contribution in [-0.2, 0) is 6.42 Å². The van der Waals surface area contributed by atoms with Crippen molar-refractivity contribution in [1.29, 1.82) is 0 Å². The van der Waals surface area contributed by atoms with Crippen molar-refractivity contribution in [2.45, 2.75) is 33.6 Å². The van der Waals surface area contributed by atoms with Crippen LogP contribution in [0.5, 0.6) is 11.5 Å². The molecule has 0 unspecified atom stereocenters. The lowest BCUT2D eigenvalue weighted by atomic mass is 10.0. The molecule has 0 saturated carbocycles. The molecule has 0 bridgehead atoms. The van der Waals surface area contributed by atoms with E-state index in [1.54, 1.807) is 18.2 Å². The molecule has 0 radical (unpaired) electrons. The molecule has 24 heavy (non-hydrogen) atoms. The van der Waals surface area contributed by atoms with Crippen molar-refractivity contribution in [3.63, 3.8) is 0 Å². The summed E-state index contributed by atoms with van der Waals surface area (Å²) in [5, 5.41) is 0. The van der Waals surface area contributed by atoms with E-state index < -0.39 is 0 Å². The molecule has 2 aromatic carbocycles. The minimum atomic E-state index is -0.357. The first-order chi connectivity index (χ1) is 11.5. The van der Waals surface area contributed by atoms with Gasteiger partial charge in [-0.25, -0.2) is 9.38 Å². The van der Waals surface area contributed by atoms with Gasteiger partial charge in [0.05, 0.1) is 12.0 Å². The summed E-state index contributed by atoms with van der Waals surface area (Å²) >= 11 is 0. The molecule has 0 aliphatic heterocycles. The normalized spacial score (nSPS) is 11.0. The first-order valence-electron chi connectivity index (χ1n) is 8.35. The lowest BCUT2D eigenvalue weighted by Crippen LogP contribution is -2.14. The highest BCUT2D eigenvalue weighted by Crippen LogP contribution is 2.33. The van der Waals surface area contributed by atoms with Crippen LogP contribution in [0.1, 0.15) is 31.4 Å². The minimum absolute atomic E-state index is 0.247. The summed E-state index contributed by atoms with van der Waals surface area (Å²) in [6.07, 6.45) is 3.67. The molecule has 2 rings (SSSR count). The third kappa shape index (κ3) is 4.57. The Morgan fingerprint density at radius 3 is 2.58 bits per heavy atom. The van der Waals surface area contributed by atoms with Gasteiger partial charge in [-0.3, -0.25) is 0 Å². The zero-order valence-corrected chi connectivity index (χ0v) is 14.8. The number of para-hydroxylation sites is 1. The Bertz CT molecular complexity index is 713. The summed E-state index contributed by atoms with van der Waals surface area (Å²) in [6, 6.07) is 10.4. The molecule has 3 nitrogen and oxygen atoms in total. The monoisotopic (exact) mass is 328 g/mol. The maximum Gasteiger partial charge on any atom is 0.165 e. The van der Waals surface area contributed by atoms with Crippen molar-refractivity contribution in [3.8, 4) is 11.5 Å². The molecule has 0 fully saturated rings. The number of benzene rings is 2. The van der Waals surface area contributed by atoms with Gasteiger partial charge in [0.25, 0.3) is 0 Å². The fraction of sp³-hybridized carbons (Fsp3) is 0.350. The van der Waals surface area contributed by atoms with E-state index in [0.29, 0.717) is 5.75 Å². The molecule has 128 valence electrons. The second-order valence-corrected chi connectivity index (χ2v) is 5.85.